The van der Waals surface area contributed by atoms with Gasteiger partial charge in [-0.1, -0.05) is 194 Å². The molecule has 0 saturated heterocycles. The van der Waals surface area contributed by atoms with Crippen LogP contribution >= 0.6 is 11.8 Å². The average Bonchev–Trinajstić information content (AvgIpc) is 3.85. The molecule has 0 bridgehead atoms. The monoisotopic (exact) mass is 869 g/mol. The van der Waals surface area contributed by atoms with Crippen molar-refractivity contribution in [2.24, 2.45) is 0 Å². The van der Waals surface area contributed by atoms with Crippen LogP contribution in [0.25, 0.3) is 43.8 Å². The van der Waals surface area contributed by atoms with Gasteiger partial charge in [-0.3, -0.25) is 0 Å². The Morgan fingerprint density at radius 1 is 0.328 bits per heavy atom. The Bertz CT molecular complexity index is 3830. The molecular formula is C64H39NOS. The number of hydrogen-bond acceptors (Lipinski definition) is 3. The molecule has 0 unspecified atom stereocenters. The van der Waals surface area contributed by atoms with Crippen molar-refractivity contribution in [2.45, 2.75) is 20.6 Å². The lowest BCUT2D eigenvalue weighted by Gasteiger charge is -2.40. The van der Waals surface area contributed by atoms with Crippen molar-refractivity contribution in [1.29, 1.82) is 0 Å². The number of para-hydroxylation sites is 2. The fourth-order valence-electron chi connectivity index (χ4n) is 12.6. The van der Waals surface area contributed by atoms with Gasteiger partial charge in [0.2, 0.25) is 0 Å². The van der Waals surface area contributed by atoms with Crippen LogP contribution in [-0.2, 0) is 10.8 Å². The Hall–Kier alpha value is -8.11. The lowest BCUT2D eigenvalue weighted by molar-refractivity contribution is 0.436. The molecule has 0 atom stereocenters. The molecule has 11 aromatic rings. The fraction of sp³-hybridized carbons (Fsp3) is 0.0312. The first-order chi connectivity index (χ1) is 33.2. The summed E-state index contributed by atoms with van der Waals surface area (Å²) < 4.78 is 6.69. The molecule has 0 fully saturated rings. The summed E-state index contributed by atoms with van der Waals surface area (Å²) in [7, 11) is 0. The van der Waals surface area contributed by atoms with E-state index in [1.54, 1.807) is 0 Å². The SMILES string of the molecule is c1ccc2c(c1)Oc1ccccc1C21c2ccccc2-c2cc(N(c3ccc4c(ccc5ccccc54)c3)c3cccc4c3-c3ccccc3C43c4ccccc4Sc4ccccc43)ccc21. The molecule has 2 heterocycles. The van der Waals surface area contributed by atoms with Crippen LogP contribution in [0.1, 0.15) is 44.5 Å². The number of benzene rings is 11. The average molecular weight is 870 g/mol. The van der Waals surface area contributed by atoms with Gasteiger partial charge in [0, 0.05) is 37.9 Å². The van der Waals surface area contributed by atoms with Gasteiger partial charge in [-0.25, -0.2) is 0 Å². The number of hydrogen-bond donors (Lipinski definition) is 0. The van der Waals surface area contributed by atoms with Crippen molar-refractivity contribution in [2.75, 3.05) is 4.90 Å². The number of fused-ring (bicyclic) bond motifs is 21. The van der Waals surface area contributed by atoms with E-state index >= 15 is 0 Å². The van der Waals surface area contributed by atoms with Crippen LogP contribution in [0.15, 0.2) is 246 Å². The van der Waals surface area contributed by atoms with E-state index in [0.29, 0.717) is 0 Å². The predicted molar refractivity (Wildman–Crippen MR) is 275 cm³/mol. The topological polar surface area (TPSA) is 12.5 Å². The minimum Gasteiger partial charge on any atom is -0.457 e. The zero-order valence-electron chi connectivity index (χ0n) is 36.3. The second-order valence-corrected chi connectivity index (χ2v) is 19.3. The maximum absolute atomic E-state index is 6.69. The Labute approximate surface area is 393 Å². The van der Waals surface area contributed by atoms with Crippen molar-refractivity contribution in [3.63, 3.8) is 0 Å². The largest absolute Gasteiger partial charge is 0.457 e. The third-order valence-corrected chi connectivity index (χ3v) is 16.3. The summed E-state index contributed by atoms with van der Waals surface area (Å²) in [6, 6.07) is 88.2. The number of anilines is 3. The van der Waals surface area contributed by atoms with Gasteiger partial charge in [-0.15, -0.1) is 0 Å². The van der Waals surface area contributed by atoms with Crippen LogP contribution in [0.4, 0.5) is 17.1 Å². The van der Waals surface area contributed by atoms with Gasteiger partial charge in [0.05, 0.1) is 16.5 Å². The Morgan fingerprint density at radius 3 is 1.58 bits per heavy atom. The summed E-state index contributed by atoms with van der Waals surface area (Å²) in [5, 5.41) is 4.97. The smallest absolute Gasteiger partial charge is 0.132 e. The summed E-state index contributed by atoms with van der Waals surface area (Å²) in [5.74, 6) is 1.80. The molecule has 2 nitrogen and oxygen atoms in total. The molecule has 0 saturated carbocycles. The lowest BCUT2D eigenvalue weighted by atomic mass is 9.66. The Balaban J connectivity index is 1.03. The molecule has 0 N–H and O–H groups in total. The first kappa shape index (κ1) is 37.1. The van der Waals surface area contributed by atoms with E-state index in [1.165, 1.54) is 98.1 Å². The minimum atomic E-state index is -0.552. The van der Waals surface area contributed by atoms with Gasteiger partial charge in [0.25, 0.3) is 0 Å². The number of nitrogens with zero attached hydrogens (tertiary/aromatic N) is 1. The quantitative estimate of drug-likeness (QED) is 0.164. The van der Waals surface area contributed by atoms with E-state index in [0.717, 1.165) is 28.6 Å². The number of rotatable bonds is 3. The third kappa shape index (κ3) is 4.81. The van der Waals surface area contributed by atoms with E-state index in [4.69, 9.17) is 4.74 Å². The van der Waals surface area contributed by atoms with Gasteiger partial charge < -0.3 is 9.64 Å². The Kier molecular flexibility index (Phi) is 7.60. The lowest BCUT2D eigenvalue weighted by Crippen LogP contribution is -2.32. The van der Waals surface area contributed by atoms with Crippen LogP contribution in [0, 0.1) is 0 Å². The highest BCUT2D eigenvalue weighted by molar-refractivity contribution is 7.99. The summed E-state index contributed by atoms with van der Waals surface area (Å²) in [4.78, 5) is 5.14. The molecule has 11 aromatic carbocycles. The van der Waals surface area contributed by atoms with Crippen LogP contribution < -0.4 is 9.64 Å². The van der Waals surface area contributed by atoms with E-state index in [-0.39, 0.29) is 0 Å². The van der Waals surface area contributed by atoms with Crippen LogP contribution in [0.2, 0.25) is 0 Å². The molecule has 0 aromatic heterocycles. The van der Waals surface area contributed by atoms with E-state index in [9.17, 15) is 0 Å². The van der Waals surface area contributed by atoms with E-state index < -0.39 is 10.8 Å². The fourth-order valence-corrected chi connectivity index (χ4v) is 13.8. The minimum absolute atomic E-state index is 0.499. The molecule has 2 aliphatic heterocycles. The molecule has 0 amide bonds. The molecule has 312 valence electrons. The normalized spacial score (nSPS) is 14.6. The third-order valence-electron chi connectivity index (χ3n) is 15.2. The van der Waals surface area contributed by atoms with Crippen LogP contribution in [0.3, 0.4) is 0 Å². The van der Waals surface area contributed by atoms with Crippen molar-refractivity contribution < 1.29 is 4.74 Å². The van der Waals surface area contributed by atoms with Gasteiger partial charge in [0.1, 0.15) is 11.5 Å². The molecule has 15 rings (SSSR count). The molecule has 0 radical (unpaired) electrons. The molecular weight excluding hydrogens is 831 g/mol. The summed E-state index contributed by atoms with van der Waals surface area (Å²) in [6.07, 6.45) is 0. The van der Waals surface area contributed by atoms with Gasteiger partial charge >= 0.3 is 0 Å². The Morgan fingerprint density at radius 2 is 0.836 bits per heavy atom. The van der Waals surface area contributed by atoms with Gasteiger partial charge in [-0.2, -0.15) is 0 Å². The second-order valence-electron chi connectivity index (χ2n) is 18.2. The molecule has 67 heavy (non-hydrogen) atoms. The van der Waals surface area contributed by atoms with Gasteiger partial charge in [0.15, 0.2) is 0 Å². The van der Waals surface area contributed by atoms with Crippen LogP contribution in [-0.4, -0.2) is 0 Å². The highest BCUT2D eigenvalue weighted by Gasteiger charge is 2.53. The zero-order chi connectivity index (χ0) is 43.8. The molecule has 2 spiro atoms. The highest BCUT2D eigenvalue weighted by atomic mass is 32.2. The molecule has 3 heteroatoms. The maximum Gasteiger partial charge on any atom is 0.132 e. The van der Waals surface area contributed by atoms with Crippen molar-refractivity contribution in [1.82, 2.24) is 0 Å². The zero-order valence-corrected chi connectivity index (χ0v) is 37.1. The first-order valence-electron chi connectivity index (χ1n) is 23.2. The highest BCUT2D eigenvalue weighted by Crippen LogP contribution is 2.66. The second kappa shape index (κ2) is 13.7. The predicted octanol–water partition coefficient (Wildman–Crippen LogP) is 16.8. The van der Waals surface area contributed by atoms with E-state index in [2.05, 4.69) is 241 Å². The maximum atomic E-state index is 6.69. The molecule has 4 aliphatic rings. The summed E-state index contributed by atoms with van der Waals surface area (Å²) >= 11 is 1.89. The summed E-state index contributed by atoms with van der Waals surface area (Å²) in [5.41, 5.74) is 17.5. The van der Waals surface area contributed by atoms with Crippen molar-refractivity contribution in [3.05, 3.63) is 281 Å². The first-order valence-corrected chi connectivity index (χ1v) is 24.0. The molecule has 2 aliphatic carbocycles. The standard InChI is InChI=1S/C64H39NOS/c1-2-17-44-40(16-1)32-33-41-38-42(34-36-45(41)44)65(43-35-37-51-48(39-43)46-18-3-5-20-49(46)63(51)52-22-7-11-28-58(52)66-59-29-12-8-23-53(59)63)57-27-15-26-56-62(57)47-19-4-6-21-50(47)64(56)54-24-9-13-30-60(54)67-61-31-14-10-25-55(61)64/h1-39H. The van der Waals surface area contributed by atoms with Crippen LogP contribution in [0.5, 0.6) is 11.5 Å². The van der Waals surface area contributed by atoms with E-state index in [1.807, 2.05) is 11.8 Å². The van der Waals surface area contributed by atoms with Crippen molar-refractivity contribution in [3.8, 4) is 33.8 Å². The van der Waals surface area contributed by atoms with Gasteiger partial charge in [-0.05, 0) is 126 Å². The van der Waals surface area contributed by atoms with Crippen molar-refractivity contribution >= 4 is 50.4 Å². The summed E-state index contributed by atoms with van der Waals surface area (Å²) in [6.45, 7) is 0. The number of ether oxygens (including phenoxy) is 1.